The number of hydrogen-bond donors (Lipinski definition) is 0. The van der Waals surface area contributed by atoms with E-state index in [1.165, 1.54) is 19.2 Å². The normalized spacial score (nSPS) is 13.6. The molecule has 3 rings (SSSR count). The lowest BCUT2D eigenvalue weighted by molar-refractivity contribution is -0.121. The van der Waals surface area contributed by atoms with Gasteiger partial charge in [-0.05, 0) is 42.0 Å². The Morgan fingerprint density at radius 3 is 1.93 bits per heavy atom. The molecule has 2 aromatic carbocycles. The number of carbonyl (C=O) groups excluding carboxylic acids is 4. The highest BCUT2D eigenvalue weighted by Crippen LogP contribution is 2.23. The van der Waals surface area contributed by atoms with Gasteiger partial charge in [-0.2, -0.15) is 0 Å². The first-order valence-corrected chi connectivity index (χ1v) is 8.30. The van der Waals surface area contributed by atoms with Crippen LogP contribution < -0.4 is 4.90 Å². The Bertz CT molecular complexity index is 870. The van der Waals surface area contributed by atoms with Gasteiger partial charge in [-0.15, -0.1) is 0 Å². The second kappa shape index (κ2) is 7.82. The minimum Gasteiger partial charge on any atom is -0.465 e. The Balaban J connectivity index is 1.60. The summed E-state index contributed by atoms with van der Waals surface area (Å²) in [5, 5.41) is 0. The summed E-state index contributed by atoms with van der Waals surface area (Å²) >= 11 is 0. The predicted molar refractivity (Wildman–Crippen MR) is 95.1 cm³/mol. The average Bonchev–Trinajstić information content (AvgIpc) is 3.04. The number of nitrogens with zero attached hydrogens (tertiary/aromatic N) is 1. The topological polar surface area (TPSA) is 90.0 Å². The van der Waals surface area contributed by atoms with Gasteiger partial charge in [-0.1, -0.05) is 12.1 Å². The molecule has 0 spiro atoms. The lowest BCUT2D eigenvalue weighted by Gasteiger charge is -2.14. The first kappa shape index (κ1) is 18.3. The lowest BCUT2D eigenvalue weighted by Crippen LogP contribution is -2.28. The molecule has 0 aromatic heterocycles. The van der Waals surface area contributed by atoms with Crippen LogP contribution in [0.4, 0.5) is 5.69 Å². The van der Waals surface area contributed by atoms with Crippen molar-refractivity contribution in [2.24, 2.45) is 0 Å². The van der Waals surface area contributed by atoms with Crippen LogP contribution in [-0.4, -0.2) is 30.9 Å². The summed E-state index contributed by atoms with van der Waals surface area (Å²) in [6.07, 6.45) is 0.411. The summed E-state index contributed by atoms with van der Waals surface area (Å²) in [5.74, 6) is -1.46. The monoisotopic (exact) mass is 367 g/mol. The molecule has 7 heteroatoms. The fraction of sp³-hybridized carbons (Fsp3) is 0.200. The van der Waals surface area contributed by atoms with E-state index in [4.69, 9.17) is 4.74 Å². The molecule has 1 saturated heterocycles. The van der Waals surface area contributed by atoms with Crippen LogP contribution in [0.25, 0.3) is 0 Å². The highest BCUT2D eigenvalue weighted by atomic mass is 16.5. The summed E-state index contributed by atoms with van der Waals surface area (Å²) in [4.78, 5) is 48.1. The van der Waals surface area contributed by atoms with Gasteiger partial charge in [0.2, 0.25) is 11.8 Å². The second-order valence-corrected chi connectivity index (χ2v) is 5.93. The van der Waals surface area contributed by atoms with E-state index in [9.17, 15) is 19.2 Å². The zero-order chi connectivity index (χ0) is 19.4. The molecule has 1 aliphatic heterocycles. The summed E-state index contributed by atoms with van der Waals surface area (Å²) in [5.41, 5.74) is 1.89. The zero-order valence-electron chi connectivity index (χ0n) is 14.6. The Morgan fingerprint density at radius 1 is 0.852 bits per heavy atom. The maximum Gasteiger partial charge on any atom is 0.338 e. The van der Waals surface area contributed by atoms with Crippen molar-refractivity contribution < 1.29 is 28.7 Å². The summed E-state index contributed by atoms with van der Waals surface area (Å²) < 4.78 is 9.87. The van der Waals surface area contributed by atoms with Crippen molar-refractivity contribution in [3.05, 3.63) is 65.2 Å². The van der Waals surface area contributed by atoms with Crippen LogP contribution in [0.2, 0.25) is 0 Å². The third-order valence-electron chi connectivity index (χ3n) is 4.16. The van der Waals surface area contributed by atoms with E-state index >= 15 is 0 Å². The molecular formula is C20H17NO6. The van der Waals surface area contributed by atoms with E-state index in [0.29, 0.717) is 16.8 Å². The molecule has 2 amide bonds. The average molecular weight is 367 g/mol. The van der Waals surface area contributed by atoms with E-state index in [0.717, 1.165) is 10.5 Å². The van der Waals surface area contributed by atoms with Crippen LogP contribution in [0.5, 0.6) is 0 Å². The molecule has 27 heavy (non-hydrogen) atoms. The molecule has 0 radical (unpaired) electrons. The Morgan fingerprint density at radius 2 is 1.37 bits per heavy atom. The second-order valence-electron chi connectivity index (χ2n) is 5.93. The molecule has 1 heterocycles. The van der Waals surface area contributed by atoms with Crippen LogP contribution in [0.3, 0.4) is 0 Å². The number of anilines is 1. The standard InChI is InChI=1S/C20H17NO6/c1-26-19(24)14-4-2-13(3-5-14)12-27-20(25)15-6-8-16(9-7-15)21-17(22)10-11-18(21)23/h2-9H,10-12H2,1H3. The van der Waals surface area contributed by atoms with Gasteiger partial charge in [0.05, 0.1) is 23.9 Å². The van der Waals surface area contributed by atoms with Gasteiger partial charge in [0, 0.05) is 12.8 Å². The molecule has 1 fully saturated rings. The zero-order valence-corrected chi connectivity index (χ0v) is 14.6. The third kappa shape index (κ3) is 4.03. The molecule has 0 N–H and O–H groups in total. The van der Waals surface area contributed by atoms with Gasteiger partial charge in [-0.25, -0.2) is 9.59 Å². The van der Waals surface area contributed by atoms with Crippen molar-refractivity contribution in [1.82, 2.24) is 0 Å². The predicted octanol–water partition coefficient (Wildman–Crippen LogP) is 2.48. The quantitative estimate of drug-likeness (QED) is 0.596. The van der Waals surface area contributed by atoms with Crippen molar-refractivity contribution >= 4 is 29.4 Å². The van der Waals surface area contributed by atoms with Gasteiger partial charge < -0.3 is 9.47 Å². The largest absolute Gasteiger partial charge is 0.465 e. The Hall–Kier alpha value is -3.48. The SMILES string of the molecule is COC(=O)c1ccc(COC(=O)c2ccc(N3C(=O)CCC3=O)cc2)cc1. The maximum atomic E-state index is 12.2. The molecule has 0 bridgehead atoms. The Kier molecular flexibility index (Phi) is 5.30. The number of hydrogen-bond acceptors (Lipinski definition) is 6. The van der Waals surface area contributed by atoms with Crippen LogP contribution in [0, 0.1) is 0 Å². The number of carbonyl (C=O) groups is 4. The number of imide groups is 1. The molecular weight excluding hydrogens is 350 g/mol. The highest BCUT2D eigenvalue weighted by Gasteiger charge is 2.30. The summed E-state index contributed by atoms with van der Waals surface area (Å²) in [6, 6.07) is 12.6. The van der Waals surface area contributed by atoms with E-state index in [1.54, 1.807) is 36.4 Å². The molecule has 1 aliphatic rings. The Labute approximate surface area is 155 Å². The summed E-state index contributed by atoms with van der Waals surface area (Å²) in [7, 11) is 1.30. The van der Waals surface area contributed by atoms with E-state index in [1.807, 2.05) is 0 Å². The summed E-state index contributed by atoms with van der Waals surface area (Å²) in [6.45, 7) is 0.0468. The van der Waals surface area contributed by atoms with Crippen molar-refractivity contribution in [2.75, 3.05) is 12.0 Å². The fourth-order valence-electron chi connectivity index (χ4n) is 2.70. The van der Waals surface area contributed by atoms with Crippen molar-refractivity contribution in [3.8, 4) is 0 Å². The van der Waals surface area contributed by atoms with Crippen molar-refractivity contribution in [2.45, 2.75) is 19.4 Å². The number of ether oxygens (including phenoxy) is 2. The molecule has 0 unspecified atom stereocenters. The van der Waals surface area contributed by atoms with E-state index in [-0.39, 0.29) is 31.3 Å². The molecule has 0 saturated carbocycles. The van der Waals surface area contributed by atoms with Gasteiger partial charge in [-0.3, -0.25) is 14.5 Å². The van der Waals surface area contributed by atoms with Crippen molar-refractivity contribution in [3.63, 3.8) is 0 Å². The fourth-order valence-corrected chi connectivity index (χ4v) is 2.70. The first-order chi connectivity index (χ1) is 13.0. The molecule has 7 nitrogen and oxygen atoms in total. The van der Waals surface area contributed by atoms with Gasteiger partial charge in [0.1, 0.15) is 6.61 Å². The van der Waals surface area contributed by atoms with E-state index < -0.39 is 11.9 Å². The van der Waals surface area contributed by atoms with E-state index in [2.05, 4.69) is 4.74 Å². The van der Waals surface area contributed by atoms with Gasteiger partial charge >= 0.3 is 11.9 Å². The first-order valence-electron chi connectivity index (χ1n) is 8.30. The van der Waals surface area contributed by atoms with Crippen LogP contribution in [0.15, 0.2) is 48.5 Å². The number of esters is 2. The third-order valence-corrected chi connectivity index (χ3v) is 4.16. The van der Waals surface area contributed by atoms with Gasteiger partial charge in [0.25, 0.3) is 0 Å². The van der Waals surface area contributed by atoms with Crippen LogP contribution >= 0.6 is 0 Å². The minimum absolute atomic E-state index is 0.0468. The highest BCUT2D eigenvalue weighted by molar-refractivity contribution is 6.19. The number of benzene rings is 2. The molecule has 0 aliphatic carbocycles. The smallest absolute Gasteiger partial charge is 0.338 e. The molecule has 2 aromatic rings. The maximum absolute atomic E-state index is 12.2. The lowest BCUT2D eigenvalue weighted by atomic mass is 10.1. The van der Waals surface area contributed by atoms with Crippen LogP contribution in [-0.2, 0) is 25.7 Å². The number of rotatable bonds is 5. The minimum atomic E-state index is -0.530. The number of amides is 2. The number of methoxy groups -OCH3 is 1. The molecule has 0 atom stereocenters. The molecule has 138 valence electrons. The van der Waals surface area contributed by atoms with Crippen molar-refractivity contribution in [1.29, 1.82) is 0 Å². The van der Waals surface area contributed by atoms with Gasteiger partial charge in [0.15, 0.2) is 0 Å². The van der Waals surface area contributed by atoms with Crippen LogP contribution in [0.1, 0.15) is 39.1 Å².